The summed E-state index contributed by atoms with van der Waals surface area (Å²) >= 11 is 0. The SMILES string of the molecule is Cc1cc(F)c(OC(C)(C)c2nnc(-c3ccc4c(c3)COC4=O)n2C(C)C)c(F)c1. The number of carbonyl (C=O) groups is 1. The third kappa shape index (κ3) is 3.66. The number of halogens is 2. The summed E-state index contributed by atoms with van der Waals surface area (Å²) in [4.78, 5) is 11.7. The van der Waals surface area contributed by atoms with E-state index in [-0.39, 0.29) is 18.6 Å². The second-order valence-electron chi connectivity index (χ2n) is 8.43. The Morgan fingerprint density at radius 1 is 1.13 bits per heavy atom. The minimum atomic E-state index is -1.18. The monoisotopic (exact) mass is 427 g/mol. The van der Waals surface area contributed by atoms with Gasteiger partial charge < -0.3 is 14.0 Å². The summed E-state index contributed by atoms with van der Waals surface area (Å²) in [5.41, 5.74) is 1.36. The second kappa shape index (κ2) is 7.44. The van der Waals surface area contributed by atoms with Crippen LogP contribution in [0.2, 0.25) is 0 Å². The molecule has 0 fully saturated rings. The predicted octanol–water partition coefficient (Wildman–Crippen LogP) is 5.10. The van der Waals surface area contributed by atoms with Gasteiger partial charge in [-0.15, -0.1) is 10.2 Å². The number of cyclic esters (lactones) is 1. The molecule has 0 atom stereocenters. The molecule has 1 aliphatic heterocycles. The number of hydrogen-bond acceptors (Lipinski definition) is 5. The summed E-state index contributed by atoms with van der Waals surface area (Å²) in [5, 5.41) is 8.65. The molecule has 162 valence electrons. The molecule has 0 unspecified atom stereocenters. The zero-order valence-electron chi connectivity index (χ0n) is 18.0. The molecule has 0 spiro atoms. The number of rotatable bonds is 5. The van der Waals surface area contributed by atoms with Gasteiger partial charge >= 0.3 is 5.97 Å². The standard InChI is InChI=1S/C23H23F2N3O3/c1-12(2)28-20(14-6-7-16-15(10-14)11-30-21(16)29)26-27-22(28)23(4,5)31-19-17(24)8-13(3)9-18(19)25/h6-10,12H,11H2,1-5H3. The summed E-state index contributed by atoms with van der Waals surface area (Å²) in [7, 11) is 0. The molecule has 0 aliphatic carbocycles. The van der Waals surface area contributed by atoms with Crippen LogP contribution in [0.25, 0.3) is 11.4 Å². The average molecular weight is 427 g/mol. The molecule has 6 nitrogen and oxygen atoms in total. The molecule has 31 heavy (non-hydrogen) atoms. The number of carbonyl (C=O) groups excluding carboxylic acids is 1. The normalized spacial score (nSPS) is 13.5. The molecule has 0 amide bonds. The van der Waals surface area contributed by atoms with Crippen LogP contribution < -0.4 is 4.74 Å². The number of aryl methyl sites for hydroxylation is 1. The number of ether oxygens (including phenoxy) is 2. The largest absolute Gasteiger partial charge is 0.474 e. The summed E-state index contributed by atoms with van der Waals surface area (Å²) in [6, 6.07) is 7.71. The molecular weight excluding hydrogens is 404 g/mol. The lowest BCUT2D eigenvalue weighted by atomic mass is 10.0. The highest BCUT2D eigenvalue weighted by molar-refractivity contribution is 5.94. The van der Waals surface area contributed by atoms with Gasteiger partial charge in [-0.25, -0.2) is 13.6 Å². The van der Waals surface area contributed by atoms with Crippen molar-refractivity contribution in [2.45, 2.75) is 52.9 Å². The molecule has 0 bridgehead atoms. The zero-order valence-corrected chi connectivity index (χ0v) is 18.0. The molecule has 1 aliphatic rings. The topological polar surface area (TPSA) is 66.2 Å². The van der Waals surface area contributed by atoms with Crippen LogP contribution in [0.1, 0.15) is 61.0 Å². The number of benzene rings is 2. The fourth-order valence-corrected chi connectivity index (χ4v) is 3.75. The van der Waals surface area contributed by atoms with Gasteiger partial charge in [0.1, 0.15) is 6.61 Å². The lowest BCUT2D eigenvalue weighted by Gasteiger charge is -2.28. The second-order valence-corrected chi connectivity index (χ2v) is 8.43. The lowest BCUT2D eigenvalue weighted by molar-refractivity contribution is 0.0535. The van der Waals surface area contributed by atoms with E-state index in [4.69, 9.17) is 9.47 Å². The molecule has 2 aromatic carbocycles. The van der Waals surface area contributed by atoms with Crippen LogP contribution >= 0.6 is 0 Å². The Morgan fingerprint density at radius 3 is 2.45 bits per heavy atom. The van der Waals surface area contributed by atoms with E-state index in [1.54, 1.807) is 32.9 Å². The molecule has 1 aromatic heterocycles. The van der Waals surface area contributed by atoms with E-state index in [2.05, 4.69) is 10.2 Å². The Balaban J connectivity index is 1.76. The highest BCUT2D eigenvalue weighted by Gasteiger charge is 2.34. The van der Waals surface area contributed by atoms with Crippen molar-refractivity contribution in [1.29, 1.82) is 0 Å². The number of fused-ring (bicyclic) bond motifs is 1. The maximum atomic E-state index is 14.4. The molecule has 0 saturated heterocycles. The molecule has 8 heteroatoms. The minimum absolute atomic E-state index is 0.0678. The van der Waals surface area contributed by atoms with E-state index >= 15 is 0 Å². The molecule has 0 saturated carbocycles. The van der Waals surface area contributed by atoms with Crippen molar-refractivity contribution in [2.24, 2.45) is 0 Å². The Kier molecular flexibility index (Phi) is 5.03. The Morgan fingerprint density at radius 2 is 1.81 bits per heavy atom. The summed E-state index contributed by atoms with van der Waals surface area (Å²) in [6.07, 6.45) is 0. The van der Waals surface area contributed by atoms with Crippen molar-refractivity contribution < 1.29 is 23.0 Å². The van der Waals surface area contributed by atoms with Gasteiger partial charge in [-0.1, -0.05) is 6.07 Å². The van der Waals surface area contributed by atoms with Crippen LogP contribution in [0, 0.1) is 18.6 Å². The average Bonchev–Trinajstić information content (AvgIpc) is 3.29. The van der Waals surface area contributed by atoms with Crippen LogP contribution in [0.4, 0.5) is 8.78 Å². The molecule has 2 heterocycles. The summed E-state index contributed by atoms with van der Waals surface area (Å²) in [6.45, 7) is 9.11. The third-order valence-electron chi connectivity index (χ3n) is 5.19. The Labute approximate surface area is 178 Å². The predicted molar refractivity (Wildman–Crippen MR) is 110 cm³/mol. The fourth-order valence-electron chi connectivity index (χ4n) is 3.75. The molecule has 3 aromatic rings. The Bertz CT molecular complexity index is 1160. The van der Waals surface area contributed by atoms with Crippen molar-refractivity contribution in [3.05, 3.63) is 64.5 Å². The quantitative estimate of drug-likeness (QED) is 0.530. The molecule has 4 rings (SSSR count). The van der Waals surface area contributed by atoms with Crippen molar-refractivity contribution >= 4 is 5.97 Å². The van der Waals surface area contributed by atoms with Crippen LogP contribution in [0.3, 0.4) is 0 Å². The number of esters is 1. The lowest BCUT2D eigenvalue weighted by Crippen LogP contribution is -2.31. The minimum Gasteiger partial charge on any atom is -0.474 e. The van der Waals surface area contributed by atoms with Crippen LogP contribution in [0.5, 0.6) is 5.75 Å². The van der Waals surface area contributed by atoms with Crippen molar-refractivity contribution in [1.82, 2.24) is 14.8 Å². The van der Waals surface area contributed by atoms with E-state index in [9.17, 15) is 13.6 Å². The number of aromatic nitrogens is 3. The van der Waals surface area contributed by atoms with E-state index in [0.29, 0.717) is 22.8 Å². The van der Waals surface area contributed by atoms with Crippen LogP contribution in [0.15, 0.2) is 30.3 Å². The van der Waals surface area contributed by atoms with Gasteiger partial charge in [0.25, 0.3) is 0 Å². The van der Waals surface area contributed by atoms with E-state index < -0.39 is 23.0 Å². The highest BCUT2D eigenvalue weighted by atomic mass is 19.1. The summed E-state index contributed by atoms with van der Waals surface area (Å²) < 4.78 is 41.5. The van der Waals surface area contributed by atoms with Gasteiger partial charge in [-0.05, 0) is 64.4 Å². The highest BCUT2D eigenvalue weighted by Crippen LogP contribution is 2.35. The van der Waals surface area contributed by atoms with Crippen LogP contribution in [-0.4, -0.2) is 20.7 Å². The maximum absolute atomic E-state index is 14.4. The van der Waals surface area contributed by atoms with Crippen LogP contribution in [-0.2, 0) is 16.9 Å². The van der Waals surface area contributed by atoms with Crippen molar-refractivity contribution in [2.75, 3.05) is 0 Å². The van der Waals surface area contributed by atoms with Gasteiger partial charge in [0.2, 0.25) is 0 Å². The summed E-state index contributed by atoms with van der Waals surface area (Å²) in [5.74, 6) is -1.36. The molecule has 0 radical (unpaired) electrons. The number of hydrogen-bond donors (Lipinski definition) is 0. The van der Waals surface area contributed by atoms with Gasteiger partial charge in [-0.2, -0.15) is 0 Å². The fraction of sp³-hybridized carbons (Fsp3) is 0.348. The van der Waals surface area contributed by atoms with Gasteiger partial charge in [0, 0.05) is 17.2 Å². The van der Waals surface area contributed by atoms with Gasteiger partial charge in [0.05, 0.1) is 5.56 Å². The Hall–Kier alpha value is -3.29. The zero-order chi connectivity index (χ0) is 22.5. The third-order valence-corrected chi connectivity index (χ3v) is 5.19. The maximum Gasteiger partial charge on any atom is 0.338 e. The first-order chi connectivity index (χ1) is 14.6. The van der Waals surface area contributed by atoms with E-state index in [0.717, 1.165) is 11.1 Å². The van der Waals surface area contributed by atoms with Crippen molar-refractivity contribution in [3.8, 4) is 17.1 Å². The first-order valence-corrected chi connectivity index (χ1v) is 9.99. The molecular formula is C23H23F2N3O3. The first kappa shape index (κ1) is 21.0. The van der Waals surface area contributed by atoms with E-state index in [1.807, 2.05) is 24.5 Å². The molecule has 0 N–H and O–H groups in total. The first-order valence-electron chi connectivity index (χ1n) is 9.99. The number of nitrogens with zero attached hydrogens (tertiary/aromatic N) is 3. The smallest absolute Gasteiger partial charge is 0.338 e. The van der Waals surface area contributed by atoms with E-state index in [1.165, 1.54) is 12.1 Å². The van der Waals surface area contributed by atoms with Gasteiger partial charge in [0.15, 0.2) is 34.6 Å². The van der Waals surface area contributed by atoms with Crippen molar-refractivity contribution in [3.63, 3.8) is 0 Å². The van der Waals surface area contributed by atoms with Gasteiger partial charge in [-0.3, -0.25) is 0 Å².